The quantitative estimate of drug-likeness (QED) is 0.0894. The number of nitrogens with zero attached hydrogens (tertiary/aromatic N) is 2. The molecule has 5 atom stereocenters. The first-order valence-electron chi connectivity index (χ1n) is 18.6. The van der Waals surface area contributed by atoms with E-state index in [0.29, 0.717) is 31.4 Å². The highest BCUT2D eigenvalue weighted by Gasteiger charge is 2.32. The van der Waals surface area contributed by atoms with Crippen molar-refractivity contribution in [3.8, 4) is 23.3 Å². The number of hydrogen-bond donors (Lipinski definition) is 6. The van der Waals surface area contributed by atoms with E-state index in [1.165, 1.54) is 5.56 Å². The van der Waals surface area contributed by atoms with E-state index in [9.17, 15) is 25.2 Å². The third-order valence-corrected chi connectivity index (χ3v) is 9.98. The summed E-state index contributed by atoms with van der Waals surface area (Å²) in [5, 5.41) is 45.7. The predicted octanol–water partition coefficient (Wildman–Crippen LogP) is 4.91. The molecule has 0 saturated carbocycles. The number of fused-ring (bicyclic) bond motifs is 2. The van der Waals surface area contributed by atoms with Gasteiger partial charge in [-0.15, -0.1) is 0 Å². The van der Waals surface area contributed by atoms with Gasteiger partial charge in [0.15, 0.2) is 17.7 Å². The van der Waals surface area contributed by atoms with Crippen LogP contribution in [0.15, 0.2) is 95.3 Å². The minimum absolute atomic E-state index is 0.00959. The molecule has 3 aromatic carbocycles. The third-order valence-electron chi connectivity index (χ3n) is 9.98. The summed E-state index contributed by atoms with van der Waals surface area (Å²) in [4.78, 5) is 19.3. The van der Waals surface area contributed by atoms with Gasteiger partial charge in [-0.05, 0) is 71.2 Å². The van der Waals surface area contributed by atoms with Gasteiger partial charge in [-0.3, -0.25) is 15.1 Å². The number of Topliss-reactive ketones (excluding diaryl/α,β-unsaturated/α-hetero) is 1. The molecule has 10 heteroatoms. The Kier molecular flexibility index (Phi) is 12.8. The Morgan fingerprint density at radius 1 is 1.08 bits per heavy atom. The maximum atomic E-state index is 12.6. The normalized spacial score (nSPS) is 19.3. The summed E-state index contributed by atoms with van der Waals surface area (Å²) in [6, 6.07) is 21.2. The van der Waals surface area contributed by atoms with Crippen molar-refractivity contribution >= 4 is 11.5 Å². The average molecular weight is 719 g/mol. The van der Waals surface area contributed by atoms with E-state index in [2.05, 4.69) is 29.3 Å². The van der Waals surface area contributed by atoms with Gasteiger partial charge in [-0.25, -0.2) is 0 Å². The van der Waals surface area contributed by atoms with Gasteiger partial charge in [0.25, 0.3) is 0 Å². The molecule has 278 valence electrons. The Hall–Kier alpha value is -4.76. The summed E-state index contributed by atoms with van der Waals surface area (Å²) in [6.07, 6.45) is 4.25. The number of carbonyl (C=O) groups is 1. The van der Waals surface area contributed by atoms with Crippen molar-refractivity contribution in [1.82, 2.24) is 10.2 Å². The molecule has 0 fully saturated rings. The number of ether oxygens (including phenoxy) is 1. The molecule has 5 unspecified atom stereocenters. The van der Waals surface area contributed by atoms with Gasteiger partial charge >= 0.3 is 0 Å². The van der Waals surface area contributed by atoms with Crippen molar-refractivity contribution in [2.24, 2.45) is 10.7 Å². The molecule has 3 aliphatic heterocycles. The molecule has 0 aliphatic carbocycles. The van der Waals surface area contributed by atoms with E-state index >= 15 is 0 Å². The number of carbonyl (C=O) groups excluding carboxylic acids is 1. The van der Waals surface area contributed by atoms with Crippen LogP contribution in [-0.4, -0.2) is 68.3 Å². The van der Waals surface area contributed by atoms with Crippen LogP contribution in [0.25, 0.3) is 0 Å². The number of rotatable bonds is 16. The van der Waals surface area contributed by atoms with Crippen LogP contribution in [0.1, 0.15) is 85.5 Å². The summed E-state index contributed by atoms with van der Waals surface area (Å²) in [5.41, 5.74) is 14.1. The lowest BCUT2D eigenvalue weighted by atomic mass is 9.91. The number of phenols is 1. The zero-order valence-electron chi connectivity index (χ0n) is 30.2. The number of nitrogens with two attached hydrogens (primary N) is 1. The Labute approximate surface area is 311 Å². The molecule has 0 amide bonds. The molecule has 0 spiro atoms. The Balaban J connectivity index is 1.14. The van der Waals surface area contributed by atoms with E-state index < -0.39 is 24.5 Å². The Morgan fingerprint density at radius 2 is 1.91 bits per heavy atom. The van der Waals surface area contributed by atoms with Crippen molar-refractivity contribution in [3.63, 3.8) is 0 Å². The first kappa shape index (κ1) is 38.0. The van der Waals surface area contributed by atoms with Gasteiger partial charge in [0.1, 0.15) is 11.9 Å². The molecule has 3 heterocycles. The zero-order valence-corrected chi connectivity index (χ0v) is 30.2. The maximum absolute atomic E-state index is 12.6. The van der Waals surface area contributed by atoms with E-state index in [4.69, 9.17) is 15.5 Å². The lowest BCUT2D eigenvalue weighted by Gasteiger charge is -2.27. The second-order valence-electron chi connectivity index (χ2n) is 14.1. The minimum atomic E-state index is -1.03. The lowest BCUT2D eigenvalue weighted by molar-refractivity contribution is -0.121. The van der Waals surface area contributed by atoms with Crippen molar-refractivity contribution in [1.29, 1.82) is 0 Å². The van der Waals surface area contributed by atoms with E-state index in [0.717, 1.165) is 52.9 Å². The van der Waals surface area contributed by atoms with Gasteiger partial charge in [0.2, 0.25) is 0 Å². The summed E-state index contributed by atoms with van der Waals surface area (Å²) in [6.45, 7) is 3.19. The van der Waals surface area contributed by atoms with Crippen LogP contribution >= 0.6 is 0 Å². The molecular formula is C43H50N4O6. The van der Waals surface area contributed by atoms with Crippen LogP contribution in [0.5, 0.6) is 11.5 Å². The second-order valence-corrected chi connectivity index (χ2v) is 14.1. The smallest absolute Gasteiger partial charge is 0.183 e. The van der Waals surface area contributed by atoms with E-state index in [1.807, 2.05) is 60.6 Å². The third kappa shape index (κ3) is 10.0. The number of aliphatic hydroxyl groups is 3. The summed E-state index contributed by atoms with van der Waals surface area (Å²) in [7, 11) is 0. The minimum Gasteiger partial charge on any atom is -0.504 e. The van der Waals surface area contributed by atoms with Crippen LogP contribution in [0.2, 0.25) is 0 Å². The molecule has 0 aromatic heterocycles. The SMILES string of the molecule is CCCC(O)CC(O)CC(=O)CCc1ccc(O)c(OC2CC#CC(O)c3ccc(C(N)NCCc4ccccc4)cc3CC3=CN=C4CN2C=C34)c1. The van der Waals surface area contributed by atoms with Crippen LogP contribution in [0.3, 0.4) is 0 Å². The number of aliphatic imine (C=N–C) groups is 1. The number of ketones is 1. The fourth-order valence-electron chi connectivity index (χ4n) is 7.05. The number of aromatic hydroxyl groups is 1. The van der Waals surface area contributed by atoms with Crippen molar-refractivity contribution in [2.45, 2.75) is 95.4 Å². The molecule has 10 nitrogen and oxygen atoms in total. The van der Waals surface area contributed by atoms with Crippen LogP contribution in [0.4, 0.5) is 0 Å². The molecule has 0 radical (unpaired) electrons. The molecule has 7 N–H and O–H groups in total. The van der Waals surface area contributed by atoms with Gasteiger partial charge in [-0.2, -0.15) is 0 Å². The maximum Gasteiger partial charge on any atom is 0.183 e. The molecule has 53 heavy (non-hydrogen) atoms. The number of aliphatic hydroxyl groups excluding tert-OH is 3. The predicted molar refractivity (Wildman–Crippen MR) is 205 cm³/mol. The molecule has 3 aromatic rings. The number of nitrogens with one attached hydrogen (secondary N) is 1. The molecule has 6 rings (SSSR count). The average Bonchev–Trinajstić information content (AvgIpc) is 3.73. The van der Waals surface area contributed by atoms with Crippen molar-refractivity contribution in [3.05, 3.63) is 118 Å². The summed E-state index contributed by atoms with van der Waals surface area (Å²) >= 11 is 0. The zero-order chi connectivity index (χ0) is 37.3. The van der Waals surface area contributed by atoms with Gasteiger partial charge in [-0.1, -0.05) is 79.8 Å². The highest BCUT2D eigenvalue weighted by Crippen LogP contribution is 2.35. The molecule has 3 aliphatic rings. The first-order valence-corrected chi connectivity index (χ1v) is 18.6. The lowest BCUT2D eigenvalue weighted by Crippen LogP contribution is -2.35. The molecular weight excluding hydrogens is 668 g/mol. The number of phenolic OH excluding ortho intramolecular Hbond substituents is 1. The Morgan fingerprint density at radius 3 is 2.72 bits per heavy atom. The number of aryl methyl sites for hydroxylation is 1. The van der Waals surface area contributed by atoms with Crippen molar-refractivity contribution < 1.29 is 30.0 Å². The van der Waals surface area contributed by atoms with E-state index in [-0.39, 0.29) is 49.1 Å². The fraction of sp³-hybridized carbons (Fsp3) is 0.395. The number of hydrogen-bond acceptors (Lipinski definition) is 10. The van der Waals surface area contributed by atoms with Crippen LogP contribution < -0.4 is 15.8 Å². The van der Waals surface area contributed by atoms with Crippen LogP contribution in [0, 0.1) is 11.8 Å². The van der Waals surface area contributed by atoms with Gasteiger partial charge < -0.3 is 35.8 Å². The highest BCUT2D eigenvalue weighted by atomic mass is 16.5. The topological polar surface area (TPSA) is 161 Å². The van der Waals surface area contributed by atoms with Crippen molar-refractivity contribution in [2.75, 3.05) is 13.1 Å². The Bertz CT molecular complexity index is 1910. The van der Waals surface area contributed by atoms with Gasteiger partial charge in [0.05, 0.1) is 37.1 Å². The monoisotopic (exact) mass is 718 g/mol. The highest BCUT2D eigenvalue weighted by molar-refractivity contribution is 6.09. The number of allylic oxidation sites excluding steroid dienone is 1. The fourth-order valence-corrected chi connectivity index (χ4v) is 7.05. The van der Waals surface area contributed by atoms with Gasteiger partial charge in [0, 0.05) is 43.8 Å². The first-order chi connectivity index (χ1) is 25.7. The van der Waals surface area contributed by atoms with Crippen LogP contribution in [-0.2, 0) is 24.1 Å². The largest absolute Gasteiger partial charge is 0.504 e. The summed E-state index contributed by atoms with van der Waals surface area (Å²) < 4.78 is 6.41. The number of benzene rings is 3. The standard InChI is InChI=1S/C43H50N4O6/c1-2-7-33(48)23-35(50)24-34(49)15-12-29-13-17-40(52)41(20-29)53-42-11-6-10-39(51)36-16-14-30(43(44)45-19-18-28-8-4-3-5-9-28)21-31(36)22-32-25-46-38-27-47(42)26-37(32)38/h3-5,8-9,13-14,16-17,20-21,25-26,33,35,39,42-43,45,48,50-52H,2,7,11-12,15,18-19,22-24,27,44H2,1H3. The second kappa shape index (κ2) is 17.8. The molecule has 0 saturated heterocycles. The summed E-state index contributed by atoms with van der Waals surface area (Å²) in [5.74, 6) is 6.27. The molecule has 2 bridgehead atoms. The van der Waals surface area contributed by atoms with E-state index in [1.54, 1.807) is 18.2 Å².